The van der Waals surface area contributed by atoms with Crippen LogP contribution in [0.3, 0.4) is 0 Å². The van der Waals surface area contributed by atoms with Crippen LogP contribution >= 0.6 is 0 Å². The zero-order valence-corrected chi connectivity index (χ0v) is 10.0. The topological polar surface area (TPSA) is 83.8 Å². The van der Waals surface area contributed by atoms with E-state index in [1.54, 1.807) is 12.4 Å². The van der Waals surface area contributed by atoms with E-state index in [4.69, 9.17) is 5.73 Å². The van der Waals surface area contributed by atoms with E-state index in [9.17, 15) is 4.79 Å². The minimum Gasteiger partial charge on any atom is -0.348 e. The molecule has 0 aliphatic rings. The normalized spacial score (nSPS) is 14.8. The molecule has 5 heteroatoms. The number of nitrogens with zero attached hydrogens (tertiary/aromatic N) is 1. The molecule has 4 N–H and O–H groups in total. The van der Waals surface area contributed by atoms with Crippen LogP contribution in [0.1, 0.15) is 38.8 Å². The Morgan fingerprint density at radius 3 is 2.75 bits per heavy atom. The largest absolute Gasteiger partial charge is 0.348 e. The summed E-state index contributed by atoms with van der Waals surface area (Å²) in [5.41, 5.74) is 6.73. The fraction of sp³-hybridized carbons (Fsp3) is 0.636. The first-order chi connectivity index (χ1) is 7.50. The lowest BCUT2D eigenvalue weighted by Gasteiger charge is -2.17. The number of hydrogen-bond donors (Lipinski definition) is 3. The van der Waals surface area contributed by atoms with Gasteiger partial charge in [0.15, 0.2) is 0 Å². The highest BCUT2D eigenvalue weighted by atomic mass is 16.2. The van der Waals surface area contributed by atoms with Gasteiger partial charge in [-0.3, -0.25) is 9.89 Å². The van der Waals surface area contributed by atoms with Crippen LogP contribution in [0.5, 0.6) is 0 Å². The first kappa shape index (κ1) is 12.7. The molecule has 0 aliphatic carbocycles. The zero-order valence-electron chi connectivity index (χ0n) is 10.0. The molecule has 0 radical (unpaired) electrons. The second-order valence-corrected chi connectivity index (χ2v) is 4.50. The van der Waals surface area contributed by atoms with Crippen LogP contribution < -0.4 is 11.1 Å². The van der Waals surface area contributed by atoms with E-state index in [1.807, 2.05) is 20.8 Å². The van der Waals surface area contributed by atoms with E-state index in [1.165, 1.54) is 0 Å². The van der Waals surface area contributed by atoms with Gasteiger partial charge in [-0.05, 0) is 19.3 Å². The minimum atomic E-state index is -0.436. The molecule has 1 rings (SSSR count). The van der Waals surface area contributed by atoms with Crippen molar-refractivity contribution in [3.8, 4) is 0 Å². The van der Waals surface area contributed by atoms with Gasteiger partial charge in [0.1, 0.15) is 0 Å². The summed E-state index contributed by atoms with van der Waals surface area (Å²) in [6.07, 6.45) is 4.15. The quantitative estimate of drug-likeness (QED) is 0.696. The van der Waals surface area contributed by atoms with Gasteiger partial charge in [-0.15, -0.1) is 0 Å². The molecule has 0 saturated heterocycles. The van der Waals surface area contributed by atoms with E-state index in [-0.39, 0.29) is 11.9 Å². The molecular weight excluding hydrogens is 204 g/mol. The second-order valence-electron chi connectivity index (χ2n) is 4.50. The molecule has 0 bridgehead atoms. The number of aromatic nitrogens is 2. The van der Waals surface area contributed by atoms with Crippen molar-refractivity contribution < 1.29 is 4.79 Å². The van der Waals surface area contributed by atoms with Crippen molar-refractivity contribution >= 4 is 5.91 Å². The summed E-state index contributed by atoms with van der Waals surface area (Å²) in [5, 5.41) is 9.41. The molecule has 0 saturated carbocycles. The van der Waals surface area contributed by atoms with Crippen LogP contribution in [-0.2, 0) is 4.79 Å². The number of rotatable bonds is 5. The van der Waals surface area contributed by atoms with E-state index in [0.29, 0.717) is 12.3 Å². The fourth-order valence-electron chi connectivity index (χ4n) is 1.52. The van der Waals surface area contributed by atoms with Crippen LogP contribution in [0.15, 0.2) is 12.4 Å². The highest BCUT2D eigenvalue weighted by Crippen LogP contribution is 2.10. The Kier molecular flexibility index (Phi) is 4.49. The summed E-state index contributed by atoms with van der Waals surface area (Å²) in [7, 11) is 0. The molecule has 2 atom stereocenters. The van der Waals surface area contributed by atoms with Crippen LogP contribution in [0.4, 0.5) is 0 Å². The van der Waals surface area contributed by atoms with Gasteiger partial charge in [0.2, 0.25) is 5.91 Å². The van der Waals surface area contributed by atoms with Crippen molar-refractivity contribution in [2.75, 3.05) is 0 Å². The number of carbonyl (C=O) groups excluding carboxylic acids is 1. The number of aromatic amines is 1. The highest BCUT2D eigenvalue weighted by molar-refractivity contribution is 5.81. The summed E-state index contributed by atoms with van der Waals surface area (Å²) >= 11 is 0. The molecule has 90 valence electrons. The van der Waals surface area contributed by atoms with Crippen molar-refractivity contribution in [1.29, 1.82) is 0 Å². The molecule has 1 aromatic heterocycles. The molecule has 5 nitrogen and oxygen atoms in total. The van der Waals surface area contributed by atoms with E-state index >= 15 is 0 Å². The Hall–Kier alpha value is -1.36. The van der Waals surface area contributed by atoms with Gasteiger partial charge in [0, 0.05) is 11.8 Å². The van der Waals surface area contributed by atoms with Crippen molar-refractivity contribution in [2.24, 2.45) is 11.7 Å². The number of amides is 1. The predicted molar refractivity (Wildman–Crippen MR) is 62.6 cm³/mol. The van der Waals surface area contributed by atoms with Crippen molar-refractivity contribution in [3.63, 3.8) is 0 Å². The zero-order chi connectivity index (χ0) is 12.1. The first-order valence-electron chi connectivity index (χ1n) is 5.55. The number of nitrogens with two attached hydrogens (primary N) is 1. The van der Waals surface area contributed by atoms with Gasteiger partial charge in [-0.1, -0.05) is 13.8 Å². The molecule has 0 aromatic carbocycles. The first-order valence-corrected chi connectivity index (χ1v) is 5.55. The fourth-order valence-corrected chi connectivity index (χ4v) is 1.52. The molecule has 0 aliphatic heterocycles. The van der Waals surface area contributed by atoms with Gasteiger partial charge >= 0.3 is 0 Å². The SMILES string of the molecule is CC(C)CC(N)C(=O)NC(C)c1cn[nH]c1. The van der Waals surface area contributed by atoms with Crippen LogP contribution in [-0.4, -0.2) is 22.1 Å². The lowest BCUT2D eigenvalue weighted by atomic mass is 10.0. The van der Waals surface area contributed by atoms with Crippen molar-refractivity contribution in [2.45, 2.75) is 39.3 Å². The van der Waals surface area contributed by atoms with E-state index < -0.39 is 6.04 Å². The molecule has 16 heavy (non-hydrogen) atoms. The maximum atomic E-state index is 11.7. The Labute approximate surface area is 95.8 Å². The lowest BCUT2D eigenvalue weighted by Crippen LogP contribution is -2.42. The Morgan fingerprint density at radius 1 is 1.56 bits per heavy atom. The second kappa shape index (κ2) is 5.65. The van der Waals surface area contributed by atoms with Gasteiger partial charge in [-0.2, -0.15) is 5.10 Å². The monoisotopic (exact) mass is 224 g/mol. The van der Waals surface area contributed by atoms with Gasteiger partial charge in [-0.25, -0.2) is 0 Å². The molecule has 0 fully saturated rings. The van der Waals surface area contributed by atoms with Crippen LogP contribution in [0.2, 0.25) is 0 Å². The third kappa shape index (κ3) is 3.66. The van der Waals surface area contributed by atoms with Crippen LogP contribution in [0, 0.1) is 5.92 Å². The third-order valence-electron chi connectivity index (χ3n) is 2.44. The van der Waals surface area contributed by atoms with E-state index in [0.717, 1.165) is 5.56 Å². The summed E-state index contributed by atoms with van der Waals surface area (Å²) in [6.45, 7) is 6.00. The van der Waals surface area contributed by atoms with Crippen molar-refractivity contribution in [3.05, 3.63) is 18.0 Å². The Bertz CT molecular complexity index is 321. The maximum Gasteiger partial charge on any atom is 0.237 e. The Morgan fingerprint density at radius 2 is 2.25 bits per heavy atom. The highest BCUT2D eigenvalue weighted by Gasteiger charge is 2.17. The maximum absolute atomic E-state index is 11.7. The smallest absolute Gasteiger partial charge is 0.237 e. The molecule has 2 unspecified atom stereocenters. The summed E-state index contributed by atoms with van der Waals surface area (Å²) in [6, 6.07) is -0.501. The summed E-state index contributed by atoms with van der Waals surface area (Å²) in [5.74, 6) is 0.312. The lowest BCUT2D eigenvalue weighted by molar-refractivity contribution is -0.123. The number of H-pyrrole nitrogens is 1. The third-order valence-corrected chi connectivity index (χ3v) is 2.44. The molecule has 1 aromatic rings. The minimum absolute atomic E-state index is 0.0653. The van der Waals surface area contributed by atoms with Gasteiger partial charge in [0.25, 0.3) is 0 Å². The average molecular weight is 224 g/mol. The van der Waals surface area contributed by atoms with E-state index in [2.05, 4.69) is 15.5 Å². The molecular formula is C11H20N4O. The molecule has 1 amide bonds. The standard InChI is InChI=1S/C11H20N4O/c1-7(2)4-10(12)11(16)15-8(3)9-5-13-14-6-9/h5-8,10H,4,12H2,1-3H3,(H,13,14)(H,15,16). The summed E-state index contributed by atoms with van der Waals surface area (Å²) in [4.78, 5) is 11.7. The average Bonchev–Trinajstić information content (AvgIpc) is 2.68. The van der Waals surface area contributed by atoms with Gasteiger partial charge in [0.05, 0.1) is 18.3 Å². The summed E-state index contributed by atoms with van der Waals surface area (Å²) < 4.78 is 0. The number of hydrogen-bond acceptors (Lipinski definition) is 3. The molecule has 1 heterocycles. The molecule has 0 spiro atoms. The van der Waals surface area contributed by atoms with Crippen molar-refractivity contribution in [1.82, 2.24) is 15.5 Å². The number of carbonyl (C=O) groups is 1. The van der Waals surface area contributed by atoms with Crippen LogP contribution in [0.25, 0.3) is 0 Å². The number of nitrogens with one attached hydrogen (secondary N) is 2. The Balaban J connectivity index is 2.45. The van der Waals surface area contributed by atoms with Gasteiger partial charge < -0.3 is 11.1 Å². The predicted octanol–water partition coefficient (Wildman–Crippen LogP) is 0.960.